The van der Waals surface area contributed by atoms with E-state index in [2.05, 4.69) is 5.32 Å². The quantitative estimate of drug-likeness (QED) is 0.615. The lowest BCUT2D eigenvalue weighted by Gasteiger charge is -2.40. The van der Waals surface area contributed by atoms with Crippen molar-refractivity contribution >= 4 is 12.0 Å². The number of likely N-dealkylation sites (tertiary alicyclic amines) is 1. The lowest BCUT2D eigenvalue weighted by atomic mass is 10.0. The molecular formula is C25H41N3O5. The molecule has 2 amide bonds. The van der Waals surface area contributed by atoms with Crippen LogP contribution in [0, 0.1) is 0 Å². The third-order valence-electron chi connectivity index (χ3n) is 6.31. The summed E-state index contributed by atoms with van der Waals surface area (Å²) in [6.45, 7) is 11.5. The summed E-state index contributed by atoms with van der Waals surface area (Å²) in [7, 11) is 3.43. The van der Waals surface area contributed by atoms with Crippen LogP contribution in [0.3, 0.4) is 0 Å². The normalized spacial score (nSPS) is 21.5. The summed E-state index contributed by atoms with van der Waals surface area (Å²) >= 11 is 0. The molecule has 0 spiro atoms. The monoisotopic (exact) mass is 463 g/mol. The Morgan fingerprint density at radius 1 is 1.21 bits per heavy atom. The lowest BCUT2D eigenvalue weighted by molar-refractivity contribution is -0.131. The molecule has 0 bridgehead atoms. The molecule has 2 rings (SSSR count). The smallest absolute Gasteiger partial charge is 0.410 e. The van der Waals surface area contributed by atoms with Crippen LogP contribution in [-0.4, -0.2) is 76.9 Å². The summed E-state index contributed by atoms with van der Waals surface area (Å²) < 4.78 is 10.8. The highest BCUT2D eigenvalue weighted by Gasteiger charge is 2.43. The Bertz CT molecular complexity index is 790. The van der Waals surface area contributed by atoms with Crippen LogP contribution in [0.1, 0.15) is 59.9 Å². The molecule has 2 N–H and O–H groups in total. The molecule has 5 atom stereocenters. The van der Waals surface area contributed by atoms with Gasteiger partial charge in [-0.05, 0) is 79.1 Å². The van der Waals surface area contributed by atoms with Gasteiger partial charge in [0, 0.05) is 18.6 Å². The van der Waals surface area contributed by atoms with Crippen LogP contribution in [0.5, 0.6) is 5.75 Å². The minimum atomic E-state index is -0.887. The largest absolute Gasteiger partial charge is 0.497 e. The zero-order valence-electron chi connectivity index (χ0n) is 21.3. The molecular weight excluding hydrogens is 422 g/mol. The zero-order chi connectivity index (χ0) is 24.9. The molecule has 0 aromatic heterocycles. The summed E-state index contributed by atoms with van der Waals surface area (Å²) in [6.07, 6.45) is 0.453. The van der Waals surface area contributed by atoms with Gasteiger partial charge in [0.05, 0.1) is 19.3 Å². The fourth-order valence-corrected chi connectivity index (χ4v) is 4.43. The first kappa shape index (κ1) is 26.9. The molecule has 33 heavy (non-hydrogen) atoms. The average molecular weight is 464 g/mol. The second kappa shape index (κ2) is 11.2. The number of likely N-dealkylation sites (N-methyl/N-ethyl adjacent to an activating group) is 1. The summed E-state index contributed by atoms with van der Waals surface area (Å²) in [6, 6.07) is 6.49. The number of carbonyl (C=O) groups excluding carboxylic acids is 2. The number of aliphatic hydroxyl groups is 1. The number of nitrogens with zero attached hydrogens (tertiary/aromatic N) is 2. The van der Waals surface area contributed by atoms with Gasteiger partial charge in [0.25, 0.3) is 0 Å². The van der Waals surface area contributed by atoms with Gasteiger partial charge in [0.1, 0.15) is 17.4 Å². The van der Waals surface area contributed by atoms with Crippen molar-refractivity contribution in [1.82, 2.24) is 15.1 Å². The maximum absolute atomic E-state index is 13.1. The molecule has 3 unspecified atom stereocenters. The van der Waals surface area contributed by atoms with Crippen molar-refractivity contribution in [2.45, 2.75) is 96.8 Å². The van der Waals surface area contributed by atoms with Crippen molar-refractivity contribution < 1.29 is 24.2 Å². The van der Waals surface area contributed by atoms with Crippen LogP contribution in [0.25, 0.3) is 0 Å². The predicted molar refractivity (Wildman–Crippen MR) is 128 cm³/mol. The summed E-state index contributed by atoms with van der Waals surface area (Å²) in [5.41, 5.74) is 0.354. The van der Waals surface area contributed by atoms with Gasteiger partial charge in [-0.1, -0.05) is 12.1 Å². The molecule has 1 aromatic rings. The van der Waals surface area contributed by atoms with Crippen LogP contribution >= 0.6 is 0 Å². The topological polar surface area (TPSA) is 91.3 Å². The number of nitrogens with one attached hydrogen (secondary N) is 1. The fraction of sp³-hybridized carbons (Fsp3) is 0.680. The van der Waals surface area contributed by atoms with E-state index in [4.69, 9.17) is 9.47 Å². The first-order chi connectivity index (χ1) is 15.4. The van der Waals surface area contributed by atoms with Crippen LogP contribution in [0.15, 0.2) is 24.3 Å². The van der Waals surface area contributed by atoms with Gasteiger partial charge in [-0.15, -0.1) is 0 Å². The summed E-state index contributed by atoms with van der Waals surface area (Å²) in [5, 5.41) is 13.4. The minimum absolute atomic E-state index is 0.0506. The van der Waals surface area contributed by atoms with E-state index < -0.39 is 17.7 Å². The molecule has 0 saturated carbocycles. The third kappa shape index (κ3) is 7.08. The average Bonchev–Trinajstić information content (AvgIpc) is 3.12. The van der Waals surface area contributed by atoms with E-state index in [0.717, 1.165) is 24.2 Å². The number of ether oxygens (including phenoxy) is 2. The number of carbonyl (C=O) groups is 2. The minimum Gasteiger partial charge on any atom is -0.497 e. The molecule has 1 heterocycles. The van der Waals surface area contributed by atoms with Crippen LogP contribution in [0.4, 0.5) is 4.79 Å². The lowest BCUT2D eigenvalue weighted by Crippen LogP contribution is -2.59. The first-order valence-electron chi connectivity index (χ1n) is 11.7. The molecule has 0 radical (unpaired) electrons. The van der Waals surface area contributed by atoms with Crippen molar-refractivity contribution in [2.24, 2.45) is 0 Å². The Morgan fingerprint density at radius 2 is 1.82 bits per heavy atom. The second-order valence-electron chi connectivity index (χ2n) is 10.0. The molecule has 186 valence electrons. The Labute approximate surface area is 198 Å². The van der Waals surface area contributed by atoms with Crippen LogP contribution < -0.4 is 10.1 Å². The molecule has 0 aliphatic carbocycles. The number of methoxy groups -OCH3 is 1. The van der Waals surface area contributed by atoms with E-state index in [1.807, 2.05) is 70.8 Å². The summed E-state index contributed by atoms with van der Waals surface area (Å²) in [5.74, 6) is 0.492. The van der Waals surface area contributed by atoms with Gasteiger partial charge >= 0.3 is 6.09 Å². The highest BCUT2D eigenvalue weighted by atomic mass is 16.6. The second-order valence-corrected chi connectivity index (χ2v) is 10.0. The van der Waals surface area contributed by atoms with Crippen molar-refractivity contribution in [3.05, 3.63) is 29.8 Å². The number of aliphatic hydroxyl groups excluding tert-OH is 1. The zero-order valence-corrected chi connectivity index (χ0v) is 21.3. The Kier molecular flexibility index (Phi) is 9.14. The SMILES string of the molecule is COc1ccc(CNC(=O)[C@H]([C@@H](C)O)N(C)C(C)C2CCC(C)N2C(=O)OC(C)(C)C)cc1. The maximum Gasteiger partial charge on any atom is 0.410 e. The molecule has 1 fully saturated rings. The number of hydrogen-bond donors (Lipinski definition) is 2. The van der Waals surface area contributed by atoms with Crippen molar-refractivity contribution in [3.8, 4) is 5.75 Å². The molecule has 1 aliphatic rings. The van der Waals surface area contributed by atoms with E-state index >= 15 is 0 Å². The summed E-state index contributed by atoms with van der Waals surface area (Å²) in [4.78, 5) is 29.6. The van der Waals surface area contributed by atoms with Crippen LogP contribution in [-0.2, 0) is 16.1 Å². The number of rotatable bonds is 8. The predicted octanol–water partition coefficient (Wildman–Crippen LogP) is 3.17. The van der Waals surface area contributed by atoms with Gasteiger partial charge in [-0.3, -0.25) is 9.69 Å². The molecule has 8 heteroatoms. The fourth-order valence-electron chi connectivity index (χ4n) is 4.43. The molecule has 8 nitrogen and oxygen atoms in total. The van der Waals surface area contributed by atoms with Crippen molar-refractivity contribution in [2.75, 3.05) is 14.2 Å². The van der Waals surface area contributed by atoms with Crippen LogP contribution in [0.2, 0.25) is 0 Å². The highest BCUT2D eigenvalue weighted by molar-refractivity contribution is 5.82. The van der Waals surface area contributed by atoms with Gasteiger partial charge in [-0.25, -0.2) is 4.79 Å². The Morgan fingerprint density at radius 3 is 2.33 bits per heavy atom. The van der Waals surface area contributed by atoms with E-state index in [1.54, 1.807) is 18.9 Å². The Balaban J connectivity index is 2.10. The van der Waals surface area contributed by atoms with E-state index in [1.165, 1.54) is 0 Å². The molecule has 1 aliphatic heterocycles. The highest BCUT2D eigenvalue weighted by Crippen LogP contribution is 2.30. The maximum atomic E-state index is 13.1. The van der Waals surface area contributed by atoms with Gasteiger partial charge in [0.2, 0.25) is 5.91 Å². The number of benzene rings is 1. The molecule has 1 saturated heterocycles. The van der Waals surface area contributed by atoms with Gasteiger partial charge in [-0.2, -0.15) is 0 Å². The standard InChI is InChI=1S/C25H41N3O5/c1-16-9-14-21(28(16)24(31)33-25(4,5)6)17(2)27(7)22(18(3)29)23(30)26-15-19-10-12-20(32-8)13-11-19/h10-13,16-18,21-22,29H,9,14-15H2,1-8H3,(H,26,30)/t16?,17?,18-,21?,22+/m1/s1. The third-order valence-corrected chi connectivity index (χ3v) is 6.31. The Hall–Kier alpha value is -2.32. The van der Waals surface area contributed by atoms with Crippen molar-refractivity contribution in [1.29, 1.82) is 0 Å². The van der Waals surface area contributed by atoms with Gasteiger partial charge in [0.15, 0.2) is 0 Å². The number of hydrogen-bond acceptors (Lipinski definition) is 6. The van der Waals surface area contributed by atoms with Gasteiger partial charge < -0.3 is 24.8 Å². The van der Waals surface area contributed by atoms with E-state index in [-0.39, 0.29) is 30.1 Å². The van der Waals surface area contributed by atoms with Crippen molar-refractivity contribution in [3.63, 3.8) is 0 Å². The van der Waals surface area contributed by atoms with E-state index in [9.17, 15) is 14.7 Å². The first-order valence-corrected chi connectivity index (χ1v) is 11.7. The number of amides is 2. The molecule has 1 aromatic carbocycles. The van der Waals surface area contributed by atoms with E-state index in [0.29, 0.717) is 6.54 Å².